The molecule has 2 unspecified atom stereocenters. The van der Waals surface area contributed by atoms with Crippen LogP contribution in [0.4, 0.5) is 0 Å². The van der Waals surface area contributed by atoms with Crippen molar-refractivity contribution in [2.75, 3.05) is 12.9 Å². The quantitative estimate of drug-likeness (QED) is 0.286. The summed E-state index contributed by atoms with van der Waals surface area (Å²) in [6, 6.07) is 4.09. The molecule has 0 amide bonds. The van der Waals surface area contributed by atoms with Crippen LogP contribution in [0.1, 0.15) is 51.4 Å². The zero-order chi connectivity index (χ0) is 19.5. The lowest BCUT2D eigenvalue weighted by Crippen LogP contribution is -2.19. The number of rotatable bonds is 13. The van der Waals surface area contributed by atoms with Gasteiger partial charge in [0.1, 0.15) is 0 Å². The zero-order valence-electron chi connectivity index (χ0n) is 16.0. The molecule has 1 aromatic rings. The Balaban J connectivity index is 1.61. The van der Waals surface area contributed by atoms with Gasteiger partial charge in [-0.1, -0.05) is 31.4 Å². The summed E-state index contributed by atoms with van der Waals surface area (Å²) in [5.41, 5.74) is 0. The number of aliphatic hydroxyl groups is 1. The fourth-order valence-electron chi connectivity index (χ4n) is 3.42. The Morgan fingerprint density at radius 2 is 2.11 bits per heavy atom. The lowest BCUT2D eigenvalue weighted by molar-refractivity contribution is -0.140. The number of esters is 1. The molecule has 1 aliphatic rings. The summed E-state index contributed by atoms with van der Waals surface area (Å²) in [6.07, 6.45) is 10.3. The summed E-state index contributed by atoms with van der Waals surface area (Å²) < 4.78 is 5.87. The number of methoxy groups -OCH3 is 1. The van der Waals surface area contributed by atoms with E-state index in [1.807, 2.05) is 17.5 Å². The van der Waals surface area contributed by atoms with Crippen molar-refractivity contribution in [3.8, 4) is 0 Å². The van der Waals surface area contributed by atoms with E-state index < -0.39 is 0 Å². The molecule has 0 aromatic carbocycles. The summed E-state index contributed by atoms with van der Waals surface area (Å²) in [7, 11) is 1.42. The van der Waals surface area contributed by atoms with E-state index in [1.54, 1.807) is 29.2 Å². The summed E-state index contributed by atoms with van der Waals surface area (Å²) in [4.78, 5) is 23.2. The van der Waals surface area contributed by atoms with Crippen LogP contribution < -0.4 is 0 Å². The summed E-state index contributed by atoms with van der Waals surface area (Å²) in [5, 5.41) is 12.3. The number of allylic oxidation sites excluding steroid dienone is 2. The molecule has 150 valence electrons. The third-order valence-corrected chi connectivity index (χ3v) is 7.29. The number of ketones is 1. The van der Waals surface area contributed by atoms with Gasteiger partial charge in [0.15, 0.2) is 5.78 Å². The monoisotopic (exact) mass is 410 g/mol. The number of hydrogen-bond acceptors (Lipinski definition) is 6. The molecule has 0 aliphatic heterocycles. The first-order valence-electron chi connectivity index (χ1n) is 9.73. The van der Waals surface area contributed by atoms with E-state index in [9.17, 15) is 14.7 Å². The largest absolute Gasteiger partial charge is 0.469 e. The van der Waals surface area contributed by atoms with E-state index in [0.29, 0.717) is 12.2 Å². The number of aliphatic hydroxyl groups excluding tert-OH is 1. The predicted octanol–water partition coefficient (Wildman–Crippen LogP) is 4.87. The fraction of sp³-hybridized carbons (Fsp3) is 0.619. The number of hydrogen-bond donors (Lipinski definition) is 1. The number of thiophene rings is 1. The molecule has 0 saturated carbocycles. The summed E-state index contributed by atoms with van der Waals surface area (Å²) in [5.74, 6) is 1.12. The molecule has 4 nitrogen and oxygen atoms in total. The first-order chi connectivity index (χ1) is 13.1. The molecule has 0 spiro atoms. The van der Waals surface area contributed by atoms with Crippen molar-refractivity contribution in [1.82, 2.24) is 0 Å². The smallest absolute Gasteiger partial charge is 0.305 e. The topological polar surface area (TPSA) is 63.6 Å². The van der Waals surface area contributed by atoms with Gasteiger partial charge in [-0.2, -0.15) is 0 Å². The van der Waals surface area contributed by atoms with Crippen molar-refractivity contribution in [1.29, 1.82) is 0 Å². The Morgan fingerprint density at radius 1 is 1.30 bits per heavy atom. The molecule has 0 bridgehead atoms. The molecular weight excluding hydrogens is 380 g/mol. The highest BCUT2D eigenvalue weighted by atomic mass is 32.2. The third kappa shape index (κ3) is 8.20. The Labute approximate surface area is 170 Å². The lowest BCUT2D eigenvalue weighted by Gasteiger charge is -2.19. The number of unbranched alkanes of at least 4 members (excludes halogenated alkanes) is 3. The first kappa shape index (κ1) is 22.2. The highest BCUT2D eigenvalue weighted by molar-refractivity contribution is 8.01. The minimum Gasteiger partial charge on any atom is -0.469 e. The Bertz CT molecular complexity index is 597. The standard InChI is InChI=1S/C21H30O4S2/c1-25-20(24)8-5-3-2-4-7-18-16(11-13-19(18)23)10-12-17(22)15-27-21-9-6-14-26-21/h6,9,11,13-14,16-18,22H,2-5,7-8,10,12,15H2,1H3/t16-,17?,18?/m0/s1. The molecule has 6 heteroatoms. The van der Waals surface area contributed by atoms with Gasteiger partial charge in [0.25, 0.3) is 0 Å². The van der Waals surface area contributed by atoms with Crippen LogP contribution in [0.15, 0.2) is 33.9 Å². The summed E-state index contributed by atoms with van der Waals surface area (Å²) >= 11 is 3.39. The predicted molar refractivity (Wildman–Crippen MR) is 111 cm³/mol. The van der Waals surface area contributed by atoms with Crippen molar-refractivity contribution < 1.29 is 19.4 Å². The molecule has 0 fully saturated rings. The van der Waals surface area contributed by atoms with Gasteiger partial charge in [0.2, 0.25) is 0 Å². The molecule has 0 radical (unpaired) electrons. The van der Waals surface area contributed by atoms with Gasteiger partial charge >= 0.3 is 5.97 Å². The van der Waals surface area contributed by atoms with Crippen LogP contribution in [-0.2, 0) is 14.3 Å². The van der Waals surface area contributed by atoms with E-state index in [-0.39, 0.29) is 29.7 Å². The van der Waals surface area contributed by atoms with Crippen LogP contribution in [0.2, 0.25) is 0 Å². The van der Waals surface area contributed by atoms with Gasteiger partial charge in [0, 0.05) is 18.1 Å². The van der Waals surface area contributed by atoms with Crippen molar-refractivity contribution in [3.63, 3.8) is 0 Å². The number of thioether (sulfide) groups is 1. The van der Waals surface area contributed by atoms with Crippen LogP contribution in [0.25, 0.3) is 0 Å². The van der Waals surface area contributed by atoms with E-state index >= 15 is 0 Å². The highest BCUT2D eigenvalue weighted by Gasteiger charge is 2.29. The average molecular weight is 411 g/mol. The van der Waals surface area contributed by atoms with Crippen molar-refractivity contribution >= 4 is 34.9 Å². The van der Waals surface area contributed by atoms with E-state index in [1.165, 1.54) is 11.3 Å². The van der Waals surface area contributed by atoms with Gasteiger partial charge in [-0.25, -0.2) is 0 Å². The maximum Gasteiger partial charge on any atom is 0.305 e. The maximum atomic E-state index is 12.1. The molecule has 0 saturated heterocycles. The van der Waals surface area contributed by atoms with Crippen molar-refractivity contribution in [2.45, 2.75) is 61.7 Å². The Hall–Kier alpha value is -1.11. The van der Waals surface area contributed by atoms with Gasteiger partial charge in [-0.3, -0.25) is 9.59 Å². The molecule has 1 aliphatic carbocycles. The second kappa shape index (κ2) is 12.4. The molecule has 2 rings (SSSR count). The second-order valence-corrected chi connectivity index (χ2v) is 9.30. The maximum absolute atomic E-state index is 12.1. The van der Waals surface area contributed by atoms with Crippen LogP contribution in [0, 0.1) is 11.8 Å². The molecule has 27 heavy (non-hydrogen) atoms. The first-order valence-corrected chi connectivity index (χ1v) is 11.6. The van der Waals surface area contributed by atoms with E-state index in [4.69, 9.17) is 0 Å². The minimum absolute atomic E-state index is 0.0720. The highest BCUT2D eigenvalue weighted by Crippen LogP contribution is 2.32. The van der Waals surface area contributed by atoms with Gasteiger partial charge in [-0.05, 0) is 49.1 Å². The van der Waals surface area contributed by atoms with Crippen LogP contribution in [0.5, 0.6) is 0 Å². The second-order valence-electron chi connectivity index (χ2n) is 7.04. The number of carbonyl (C=O) groups excluding carboxylic acids is 2. The number of ether oxygens (including phenoxy) is 1. The van der Waals surface area contributed by atoms with E-state index in [0.717, 1.165) is 44.9 Å². The van der Waals surface area contributed by atoms with Gasteiger partial charge in [-0.15, -0.1) is 23.1 Å². The van der Waals surface area contributed by atoms with Crippen LogP contribution in [-0.4, -0.2) is 35.8 Å². The van der Waals surface area contributed by atoms with Gasteiger partial charge in [0.05, 0.1) is 17.4 Å². The number of carbonyl (C=O) groups is 2. The Kier molecular flexibility index (Phi) is 10.2. The SMILES string of the molecule is COC(=O)CCCCCCC1C(=O)C=C[C@@H]1CCC(O)CSc1cccs1. The lowest BCUT2D eigenvalue weighted by atomic mass is 9.86. The third-order valence-electron chi connectivity index (χ3n) is 5.01. The fourth-order valence-corrected chi connectivity index (χ4v) is 5.21. The van der Waals surface area contributed by atoms with E-state index in [2.05, 4.69) is 10.8 Å². The van der Waals surface area contributed by atoms with Crippen LogP contribution in [0.3, 0.4) is 0 Å². The summed E-state index contributed by atoms with van der Waals surface area (Å²) in [6.45, 7) is 0. The van der Waals surface area contributed by atoms with Gasteiger partial charge < -0.3 is 9.84 Å². The normalized spacial score (nSPS) is 20.1. The van der Waals surface area contributed by atoms with Crippen molar-refractivity contribution in [3.05, 3.63) is 29.7 Å². The Morgan fingerprint density at radius 3 is 2.85 bits per heavy atom. The average Bonchev–Trinajstić information content (AvgIpc) is 3.31. The zero-order valence-corrected chi connectivity index (χ0v) is 17.6. The van der Waals surface area contributed by atoms with Crippen molar-refractivity contribution in [2.24, 2.45) is 11.8 Å². The molecule has 1 heterocycles. The minimum atomic E-state index is -0.333. The molecule has 1 N–H and O–H groups in total. The molecule has 1 aromatic heterocycles. The molecule has 3 atom stereocenters. The van der Waals surface area contributed by atoms with Crippen LogP contribution >= 0.6 is 23.1 Å². The molecular formula is C21H30O4S2.